The van der Waals surface area contributed by atoms with Crippen LogP contribution in [0.15, 0.2) is 53.7 Å². The van der Waals surface area contributed by atoms with Crippen molar-refractivity contribution >= 4 is 17.7 Å². The van der Waals surface area contributed by atoms with E-state index in [9.17, 15) is 4.79 Å². The normalized spacial score (nSPS) is 10.2. The molecule has 0 radical (unpaired) electrons. The van der Waals surface area contributed by atoms with Crippen molar-refractivity contribution in [1.29, 1.82) is 0 Å². The monoisotopic (exact) mass is 273 g/mol. The van der Waals surface area contributed by atoms with E-state index < -0.39 is 0 Å². The van der Waals surface area contributed by atoms with Crippen molar-refractivity contribution in [2.24, 2.45) is 5.84 Å². The van der Waals surface area contributed by atoms with Gasteiger partial charge in [0.1, 0.15) is 0 Å². The zero-order chi connectivity index (χ0) is 13.5. The quantitative estimate of drug-likeness (QED) is 0.378. The van der Waals surface area contributed by atoms with Gasteiger partial charge >= 0.3 is 0 Å². The Labute approximate surface area is 116 Å². The fourth-order valence-corrected chi connectivity index (χ4v) is 2.40. The molecule has 2 rings (SSSR count). The van der Waals surface area contributed by atoms with Crippen LogP contribution in [0, 0.1) is 0 Å². The van der Waals surface area contributed by atoms with Crippen LogP contribution in [0.25, 0.3) is 0 Å². The summed E-state index contributed by atoms with van der Waals surface area (Å²) in [6.45, 7) is 0. The van der Waals surface area contributed by atoms with Gasteiger partial charge in [0.25, 0.3) is 0 Å². The number of carbonyl (C=O) groups is 1. The second kappa shape index (κ2) is 6.92. The highest BCUT2D eigenvalue weighted by Crippen LogP contribution is 2.20. The van der Waals surface area contributed by atoms with E-state index in [0.29, 0.717) is 6.42 Å². The van der Waals surface area contributed by atoms with Crippen LogP contribution in [0.3, 0.4) is 0 Å². The second-order valence-corrected chi connectivity index (χ2v) is 5.01. The molecule has 3 N–H and O–H groups in total. The number of hydrazine groups is 1. The zero-order valence-electron chi connectivity index (χ0n) is 10.4. The van der Waals surface area contributed by atoms with Crippen LogP contribution in [-0.2, 0) is 17.0 Å². The summed E-state index contributed by atoms with van der Waals surface area (Å²) in [5.74, 6) is 5.73. The molecule has 0 spiro atoms. The predicted molar refractivity (Wildman–Crippen MR) is 76.3 cm³/mol. The Hall–Kier alpha value is -1.85. The maximum absolute atomic E-state index is 11.1. The average molecular weight is 273 g/mol. The molecule has 0 atom stereocenters. The lowest BCUT2D eigenvalue weighted by molar-refractivity contribution is -0.120. The van der Waals surface area contributed by atoms with E-state index in [1.165, 1.54) is 5.56 Å². The first-order chi connectivity index (χ1) is 9.28. The molecule has 1 aromatic carbocycles. The van der Waals surface area contributed by atoms with Gasteiger partial charge < -0.3 is 0 Å². The summed E-state index contributed by atoms with van der Waals surface area (Å²) in [5, 5.41) is 1.01. The number of nitrogens with two attached hydrogens (primary N) is 1. The standard InChI is InChI=1S/C14H15N3OS/c15-17-13(18)9-11-4-6-12(7-5-11)10-19-14-3-1-2-8-16-14/h1-8H,9-10,15H2,(H,17,18). The number of benzene rings is 1. The minimum absolute atomic E-state index is 0.185. The molecule has 2 aromatic rings. The smallest absolute Gasteiger partial charge is 0.238 e. The van der Waals surface area contributed by atoms with E-state index in [1.54, 1.807) is 18.0 Å². The highest BCUT2D eigenvalue weighted by atomic mass is 32.2. The molecule has 0 aliphatic carbocycles. The largest absolute Gasteiger partial charge is 0.294 e. The van der Waals surface area contributed by atoms with E-state index in [0.717, 1.165) is 16.3 Å². The number of hydrogen-bond donors (Lipinski definition) is 2. The van der Waals surface area contributed by atoms with Crippen molar-refractivity contribution in [3.63, 3.8) is 0 Å². The molecule has 0 saturated carbocycles. The van der Waals surface area contributed by atoms with Gasteiger partial charge in [-0.05, 0) is 23.3 Å². The summed E-state index contributed by atoms with van der Waals surface area (Å²) in [5.41, 5.74) is 4.28. The number of rotatable bonds is 5. The van der Waals surface area contributed by atoms with Gasteiger partial charge in [-0.15, -0.1) is 11.8 Å². The average Bonchev–Trinajstić information content (AvgIpc) is 2.47. The lowest BCUT2D eigenvalue weighted by atomic mass is 10.1. The van der Waals surface area contributed by atoms with Gasteiger partial charge in [-0.2, -0.15) is 0 Å². The van der Waals surface area contributed by atoms with E-state index in [-0.39, 0.29) is 5.91 Å². The van der Waals surface area contributed by atoms with Gasteiger partial charge in [0.2, 0.25) is 5.91 Å². The van der Waals surface area contributed by atoms with Gasteiger partial charge in [0.05, 0.1) is 11.4 Å². The zero-order valence-corrected chi connectivity index (χ0v) is 11.2. The molecule has 4 nitrogen and oxygen atoms in total. The van der Waals surface area contributed by atoms with Crippen molar-refractivity contribution < 1.29 is 4.79 Å². The summed E-state index contributed by atoms with van der Waals surface area (Å²) in [4.78, 5) is 15.4. The topological polar surface area (TPSA) is 68.0 Å². The molecular weight excluding hydrogens is 258 g/mol. The van der Waals surface area contributed by atoms with Crippen LogP contribution in [0.1, 0.15) is 11.1 Å². The van der Waals surface area contributed by atoms with E-state index in [1.807, 2.05) is 42.5 Å². The minimum Gasteiger partial charge on any atom is -0.294 e. The van der Waals surface area contributed by atoms with Crippen LogP contribution in [0.5, 0.6) is 0 Å². The number of thioether (sulfide) groups is 1. The summed E-state index contributed by atoms with van der Waals surface area (Å²) in [7, 11) is 0. The van der Waals surface area contributed by atoms with E-state index in [2.05, 4.69) is 10.4 Å². The Bertz CT molecular complexity index is 528. The number of nitrogens with zero attached hydrogens (tertiary/aromatic N) is 1. The van der Waals surface area contributed by atoms with Crippen LogP contribution >= 0.6 is 11.8 Å². The second-order valence-electron chi connectivity index (χ2n) is 4.02. The molecule has 1 amide bonds. The lowest BCUT2D eigenvalue weighted by Crippen LogP contribution is -2.31. The maximum atomic E-state index is 11.1. The Balaban J connectivity index is 1.90. The van der Waals surface area contributed by atoms with Gasteiger partial charge in [-0.25, -0.2) is 10.8 Å². The van der Waals surface area contributed by atoms with Crippen LogP contribution in [0.2, 0.25) is 0 Å². The molecule has 5 heteroatoms. The molecule has 1 heterocycles. The molecule has 0 unspecified atom stereocenters. The molecule has 0 bridgehead atoms. The first-order valence-electron chi connectivity index (χ1n) is 5.89. The molecule has 0 aliphatic rings. The SMILES string of the molecule is NNC(=O)Cc1ccc(CSc2ccccn2)cc1. The predicted octanol–water partition coefficient (Wildman–Crippen LogP) is 1.91. The van der Waals surface area contributed by atoms with Crippen LogP contribution in [-0.4, -0.2) is 10.9 Å². The summed E-state index contributed by atoms with van der Waals surface area (Å²) in [6.07, 6.45) is 2.10. The molecule has 19 heavy (non-hydrogen) atoms. The molecule has 0 saturated heterocycles. The van der Waals surface area contributed by atoms with Crippen molar-refractivity contribution in [2.45, 2.75) is 17.2 Å². The van der Waals surface area contributed by atoms with E-state index in [4.69, 9.17) is 5.84 Å². The van der Waals surface area contributed by atoms with E-state index >= 15 is 0 Å². The minimum atomic E-state index is -0.185. The van der Waals surface area contributed by atoms with Gasteiger partial charge in [-0.1, -0.05) is 30.3 Å². The molecular formula is C14H15N3OS. The number of amides is 1. The fourth-order valence-electron chi connectivity index (χ4n) is 1.58. The Morgan fingerprint density at radius 3 is 2.53 bits per heavy atom. The molecule has 98 valence electrons. The first kappa shape index (κ1) is 13.6. The van der Waals surface area contributed by atoms with Crippen molar-refractivity contribution in [3.8, 4) is 0 Å². The first-order valence-corrected chi connectivity index (χ1v) is 6.87. The van der Waals surface area contributed by atoms with Gasteiger partial charge in [-0.3, -0.25) is 10.2 Å². The van der Waals surface area contributed by atoms with Crippen LogP contribution in [0.4, 0.5) is 0 Å². The van der Waals surface area contributed by atoms with Gasteiger partial charge in [0, 0.05) is 11.9 Å². The maximum Gasteiger partial charge on any atom is 0.238 e. The van der Waals surface area contributed by atoms with Crippen molar-refractivity contribution in [1.82, 2.24) is 10.4 Å². The van der Waals surface area contributed by atoms with Crippen LogP contribution < -0.4 is 11.3 Å². The fraction of sp³-hybridized carbons (Fsp3) is 0.143. The van der Waals surface area contributed by atoms with Crippen molar-refractivity contribution in [3.05, 3.63) is 59.8 Å². The molecule has 0 fully saturated rings. The van der Waals surface area contributed by atoms with Crippen molar-refractivity contribution in [2.75, 3.05) is 0 Å². The molecule has 1 aromatic heterocycles. The summed E-state index contributed by atoms with van der Waals surface area (Å²) >= 11 is 1.69. The third-order valence-corrected chi connectivity index (χ3v) is 3.59. The Morgan fingerprint density at radius 1 is 1.16 bits per heavy atom. The summed E-state index contributed by atoms with van der Waals surface area (Å²) in [6, 6.07) is 13.8. The number of aromatic nitrogens is 1. The number of carbonyl (C=O) groups excluding carboxylic acids is 1. The summed E-state index contributed by atoms with van der Waals surface area (Å²) < 4.78 is 0. The Morgan fingerprint density at radius 2 is 1.89 bits per heavy atom. The molecule has 0 aliphatic heterocycles. The van der Waals surface area contributed by atoms with Gasteiger partial charge in [0.15, 0.2) is 0 Å². The third-order valence-electron chi connectivity index (χ3n) is 2.57. The number of hydrogen-bond acceptors (Lipinski definition) is 4. The Kier molecular flexibility index (Phi) is 4.94. The highest BCUT2D eigenvalue weighted by molar-refractivity contribution is 7.98. The highest BCUT2D eigenvalue weighted by Gasteiger charge is 2.02. The number of nitrogens with one attached hydrogen (secondary N) is 1. The third kappa shape index (κ3) is 4.39. The lowest BCUT2D eigenvalue weighted by Gasteiger charge is -2.04. The number of pyridine rings is 1.